The van der Waals surface area contributed by atoms with Gasteiger partial charge in [0.2, 0.25) is 0 Å². The highest BCUT2D eigenvalue weighted by Crippen LogP contribution is 2.14. The topological polar surface area (TPSA) is 67.3 Å². The van der Waals surface area contributed by atoms with Gasteiger partial charge < -0.3 is 5.11 Å². The van der Waals surface area contributed by atoms with Crippen molar-refractivity contribution in [1.82, 2.24) is 4.98 Å². The van der Waals surface area contributed by atoms with E-state index in [2.05, 4.69) is 4.98 Å². The van der Waals surface area contributed by atoms with Crippen LogP contribution in [0.2, 0.25) is 0 Å². The first-order valence-corrected chi connectivity index (χ1v) is 4.63. The minimum atomic E-state index is -1.10. The summed E-state index contributed by atoms with van der Waals surface area (Å²) in [7, 11) is 0. The Morgan fingerprint density at radius 2 is 2.15 bits per heavy atom. The Kier molecular flexibility index (Phi) is 2.77. The number of hydrogen-bond donors (Lipinski definition) is 1. The molecule has 70 valence electrons. The van der Waals surface area contributed by atoms with Crippen LogP contribution in [0.25, 0.3) is 0 Å². The number of carboxylic acid groups (broad SMARTS) is 1. The van der Waals surface area contributed by atoms with Gasteiger partial charge in [0.05, 0.1) is 0 Å². The number of nitrogens with zero attached hydrogens (tertiary/aromatic N) is 1. The van der Waals surface area contributed by atoms with Crippen LogP contribution in [-0.2, 0) is 0 Å². The monoisotopic (exact) mass is 199 g/mol. The Balaban J connectivity index is 2.92. The Hall–Kier alpha value is -1.23. The summed E-state index contributed by atoms with van der Waals surface area (Å²) in [6.45, 7) is 3.51. The molecule has 0 aliphatic heterocycles. The molecule has 0 spiro atoms. The fraction of sp³-hybridized carbons (Fsp3) is 0.375. The Morgan fingerprint density at radius 1 is 1.54 bits per heavy atom. The quantitative estimate of drug-likeness (QED) is 0.752. The molecule has 1 N–H and O–H groups in total. The number of carbonyl (C=O) groups excluding carboxylic acids is 1. The second-order valence-corrected chi connectivity index (χ2v) is 3.72. The van der Waals surface area contributed by atoms with Crippen LogP contribution >= 0.6 is 11.3 Å². The maximum Gasteiger partial charge on any atom is 0.355 e. The fourth-order valence-corrected chi connectivity index (χ4v) is 1.61. The third kappa shape index (κ3) is 2.12. The van der Waals surface area contributed by atoms with Crippen molar-refractivity contribution < 1.29 is 14.7 Å². The summed E-state index contributed by atoms with van der Waals surface area (Å²) in [6, 6.07) is 0. The Morgan fingerprint density at radius 3 is 2.54 bits per heavy atom. The van der Waals surface area contributed by atoms with Crippen LogP contribution in [0.5, 0.6) is 0 Å². The summed E-state index contributed by atoms with van der Waals surface area (Å²) in [5.41, 5.74) is -0.0611. The number of carbonyl (C=O) groups is 2. The van der Waals surface area contributed by atoms with Crippen molar-refractivity contribution in [1.29, 1.82) is 0 Å². The highest BCUT2D eigenvalue weighted by molar-refractivity contribution is 7.11. The minimum absolute atomic E-state index is 0.0611. The molecule has 0 aromatic carbocycles. The normalized spacial score (nSPS) is 10.4. The lowest BCUT2D eigenvalue weighted by Gasteiger charge is -1.97. The molecule has 0 aliphatic rings. The van der Waals surface area contributed by atoms with E-state index < -0.39 is 5.97 Å². The highest BCUT2D eigenvalue weighted by atomic mass is 32.1. The van der Waals surface area contributed by atoms with Crippen molar-refractivity contribution in [2.24, 2.45) is 5.92 Å². The number of aromatic carboxylic acids is 1. The van der Waals surface area contributed by atoms with Gasteiger partial charge in [-0.1, -0.05) is 13.8 Å². The number of thiazole rings is 1. The number of ketones is 1. The number of Topliss-reactive ketones (excluding diaryl/α,β-unsaturated/α-hetero) is 1. The molecular formula is C8H9NO3S. The molecule has 1 aromatic rings. The lowest BCUT2D eigenvalue weighted by molar-refractivity contribution is 0.0691. The van der Waals surface area contributed by atoms with Gasteiger partial charge in [0.1, 0.15) is 0 Å². The molecule has 13 heavy (non-hydrogen) atoms. The molecule has 0 saturated heterocycles. The second-order valence-electron chi connectivity index (χ2n) is 2.86. The van der Waals surface area contributed by atoms with E-state index in [1.54, 1.807) is 13.8 Å². The lowest BCUT2D eigenvalue weighted by Crippen LogP contribution is -2.07. The van der Waals surface area contributed by atoms with Gasteiger partial charge >= 0.3 is 5.97 Å². The summed E-state index contributed by atoms with van der Waals surface area (Å²) in [5.74, 6) is -1.36. The van der Waals surface area contributed by atoms with Crippen molar-refractivity contribution >= 4 is 23.1 Å². The largest absolute Gasteiger partial charge is 0.476 e. The van der Waals surface area contributed by atoms with Crippen LogP contribution in [0.15, 0.2) is 5.38 Å². The van der Waals surface area contributed by atoms with E-state index in [1.165, 1.54) is 5.38 Å². The zero-order valence-corrected chi connectivity index (χ0v) is 8.09. The molecule has 0 aliphatic carbocycles. The molecule has 4 nitrogen and oxygen atoms in total. The second kappa shape index (κ2) is 3.66. The fourth-order valence-electron chi connectivity index (χ4n) is 0.732. The van der Waals surface area contributed by atoms with Crippen LogP contribution in [0.3, 0.4) is 0 Å². The van der Waals surface area contributed by atoms with Gasteiger partial charge in [-0.3, -0.25) is 4.79 Å². The average molecular weight is 199 g/mol. The van der Waals surface area contributed by atoms with Crippen LogP contribution in [0.1, 0.15) is 34.1 Å². The lowest BCUT2D eigenvalue weighted by atomic mass is 10.1. The summed E-state index contributed by atoms with van der Waals surface area (Å²) in [4.78, 5) is 25.5. The van der Waals surface area contributed by atoms with Crippen LogP contribution < -0.4 is 0 Å². The minimum Gasteiger partial charge on any atom is -0.476 e. The molecule has 1 heterocycles. The molecule has 0 bridgehead atoms. The smallest absolute Gasteiger partial charge is 0.355 e. The van der Waals surface area contributed by atoms with Crippen molar-refractivity contribution in [2.75, 3.05) is 0 Å². The zero-order chi connectivity index (χ0) is 10.0. The van der Waals surface area contributed by atoms with E-state index in [1.807, 2.05) is 0 Å². The maximum absolute atomic E-state index is 11.3. The third-order valence-corrected chi connectivity index (χ3v) is 2.32. The molecule has 1 aromatic heterocycles. The first kappa shape index (κ1) is 9.85. The van der Waals surface area contributed by atoms with E-state index in [0.717, 1.165) is 11.3 Å². The average Bonchev–Trinajstić information content (AvgIpc) is 2.50. The van der Waals surface area contributed by atoms with Gasteiger partial charge in [0.25, 0.3) is 0 Å². The zero-order valence-electron chi connectivity index (χ0n) is 7.27. The number of carboxylic acids is 1. The number of aromatic nitrogens is 1. The predicted molar refractivity (Wildman–Crippen MR) is 48.2 cm³/mol. The third-order valence-electron chi connectivity index (χ3n) is 1.46. The van der Waals surface area contributed by atoms with E-state index in [0.29, 0.717) is 0 Å². The molecule has 0 radical (unpaired) electrons. The summed E-state index contributed by atoms with van der Waals surface area (Å²) >= 11 is 1.07. The molecule has 0 unspecified atom stereocenters. The van der Waals surface area contributed by atoms with Gasteiger partial charge in [-0.25, -0.2) is 9.78 Å². The number of hydrogen-bond acceptors (Lipinski definition) is 4. The molecule has 0 atom stereocenters. The summed E-state index contributed by atoms with van der Waals surface area (Å²) in [6.07, 6.45) is 0. The van der Waals surface area contributed by atoms with E-state index in [9.17, 15) is 9.59 Å². The standard InChI is InChI=1S/C8H9NO3S/c1-4(2)6(10)7-9-5(3-13-7)8(11)12/h3-4H,1-2H3,(H,11,12). The first-order valence-electron chi connectivity index (χ1n) is 3.75. The molecule has 0 saturated carbocycles. The highest BCUT2D eigenvalue weighted by Gasteiger charge is 2.16. The number of rotatable bonds is 3. The SMILES string of the molecule is CC(C)C(=O)c1nc(C(=O)O)cs1. The summed E-state index contributed by atoms with van der Waals surface area (Å²) in [5, 5.41) is 10.2. The van der Waals surface area contributed by atoms with Gasteiger partial charge in [-0.05, 0) is 0 Å². The maximum atomic E-state index is 11.3. The molecule has 0 amide bonds. The Labute approximate surface area is 79.2 Å². The van der Waals surface area contributed by atoms with Gasteiger partial charge in [-0.15, -0.1) is 11.3 Å². The van der Waals surface area contributed by atoms with Crippen molar-refractivity contribution in [3.63, 3.8) is 0 Å². The van der Waals surface area contributed by atoms with Gasteiger partial charge in [0.15, 0.2) is 16.5 Å². The van der Waals surface area contributed by atoms with Crippen molar-refractivity contribution in [3.05, 3.63) is 16.1 Å². The Bertz CT molecular complexity index is 343. The molecule has 5 heteroatoms. The van der Waals surface area contributed by atoms with Crippen LogP contribution in [0, 0.1) is 5.92 Å². The molecular weight excluding hydrogens is 190 g/mol. The van der Waals surface area contributed by atoms with Gasteiger partial charge in [0, 0.05) is 11.3 Å². The van der Waals surface area contributed by atoms with Crippen LogP contribution in [-0.4, -0.2) is 21.8 Å². The van der Waals surface area contributed by atoms with E-state index >= 15 is 0 Å². The molecule has 0 fully saturated rings. The van der Waals surface area contributed by atoms with E-state index in [4.69, 9.17) is 5.11 Å². The summed E-state index contributed by atoms with van der Waals surface area (Å²) < 4.78 is 0. The van der Waals surface area contributed by atoms with Gasteiger partial charge in [-0.2, -0.15) is 0 Å². The van der Waals surface area contributed by atoms with Crippen LogP contribution in [0.4, 0.5) is 0 Å². The first-order chi connectivity index (χ1) is 6.02. The van der Waals surface area contributed by atoms with Crippen molar-refractivity contribution in [3.8, 4) is 0 Å². The van der Waals surface area contributed by atoms with Crippen molar-refractivity contribution in [2.45, 2.75) is 13.8 Å². The van der Waals surface area contributed by atoms with E-state index in [-0.39, 0.29) is 22.4 Å². The molecule has 1 rings (SSSR count). The predicted octanol–water partition coefficient (Wildman–Crippen LogP) is 1.68.